The Morgan fingerprint density at radius 2 is 2.00 bits per heavy atom. The lowest BCUT2D eigenvalue weighted by Crippen LogP contribution is -2.16. The van der Waals surface area contributed by atoms with Crippen molar-refractivity contribution < 1.29 is 4.74 Å². The zero-order valence-corrected chi connectivity index (χ0v) is 14.9. The third-order valence-electron chi connectivity index (χ3n) is 3.85. The molecule has 0 amide bonds. The summed E-state index contributed by atoms with van der Waals surface area (Å²) in [6.45, 7) is 7.24. The van der Waals surface area contributed by atoms with Crippen LogP contribution in [0.5, 0.6) is 5.75 Å². The lowest BCUT2D eigenvalue weighted by atomic mass is 9.96. The second-order valence-corrected chi connectivity index (χ2v) is 6.46. The molecule has 0 unspecified atom stereocenters. The number of hydrogen-bond acceptors (Lipinski definition) is 6. The second kappa shape index (κ2) is 7.92. The molecule has 0 bridgehead atoms. The molecule has 0 aliphatic heterocycles. The van der Waals surface area contributed by atoms with Crippen LogP contribution in [0, 0.1) is 5.92 Å². The van der Waals surface area contributed by atoms with Crippen LogP contribution in [0.4, 0.5) is 5.82 Å². The van der Waals surface area contributed by atoms with Gasteiger partial charge in [0, 0.05) is 5.56 Å². The van der Waals surface area contributed by atoms with Crippen molar-refractivity contribution in [1.29, 1.82) is 0 Å². The first kappa shape index (κ1) is 17.1. The third kappa shape index (κ3) is 4.23. The molecular weight excluding hydrogens is 316 g/mol. The molecule has 0 saturated heterocycles. The molecule has 0 aliphatic rings. The molecule has 1 atom stereocenters. The van der Waals surface area contributed by atoms with Gasteiger partial charge in [-0.25, -0.2) is 0 Å². The van der Waals surface area contributed by atoms with Crippen LogP contribution >= 0.6 is 0 Å². The standard InChI is InChI=1S/C18H24N6O/c1-4-11-25-16-8-6-5-7-14(16)15(12-13(2)3)19-17-9-10-18-20-22-23-24(18)21-17/h5-10,13,15H,4,11-12H2,1-3H3,(H,19,21)/t15-/m1/s1. The molecule has 0 radical (unpaired) electrons. The van der Waals surface area contributed by atoms with Crippen molar-refractivity contribution in [1.82, 2.24) is 25.3 Å². The average Bonchev–Trinajstić information content (AvgIpc) is 3.07. The number of nitrogens with one attached hydrogen (secondary N) is 1. The van der Waals surface area contributed by atoms with Crippen molar-refractivity contribution >= 4 is 11.5 Å². The number of rotatable bonds is 8. The highest BCUT2D eigenvalue weighted by atomic mass is 16.5. The summed E-state index contributed by atoms with van der Waals surface area (Å²) in [5, 5.41) is 19.3. The first-order valence-corrected chi connectivity index (χ1v) is 8.71. The van der Waals surface area contributed by atoms with E-state index in [1.165, 1.54) is 4.63 Å². The molecule has 0 aliphatic carbocycles. The van der Waals surface area contributed by atoms with Gasteiger partial charge in [-0.3, -0.25) is 0 Å². The smallest absolute Gasteiger partial charge is 0.200 e. The number of benzene rings is 1. The molecular formula is C18H24N6O. The van der Waals surface area contributed by atoms with Crippen LogP contribution in [-0.4, -0.2) is 31.9 Å². The van der Waals surface area contributed by atoms with Crippen molar-refractivity contribution in [2.75, 3.05) is 11.9 Å². The summed E-state index contributed by atoms with van der Waals surface area (Å²) in [6, 6.07) is 12.0. The van der Waals surface area contributed by atoms with Gasteiger partial charge < -0.3 is 10.1 Å². The normalized spacial score (nSPS) is 12.5. The number of para-hydroxylation sites is 1. The van der Waals surface area contributed by atoms with Gasteiger partial charge in [-0.05, 0) is 47.4 Å². The maximum Gasteiger partial charge on any atom is 0.200 e. The molecule has 7 heteroatoms. The topological polar surface area (TPSA) is 77.2 Å². The first-order chi connectivity index (χ1) is 12.2. The number of tetrazole rings is 1. The van der Waals surface area contributed by atoms with Gasteiger partial charge in [0.1, 0.15) is 11.6 Å². The van der Waals surface area contributed by atoms with E-state index in [0.29, 0.717) is 18.2 Å². The van der Waals surface area contributed by atoms with E-state index in [1.807, 2.05) is 30.3 Å². The molecule has 7 nitrogen and oxygen atoms in total. The first-order valence-electron chi connectivity index (χ1n) is 8.71. The van der Waals surface area contributed by atoms with E-state index < -0.39 is 0 Å². The summed E-state index contributed by atoms with van der Waals surface area (Å²) < 4.78 is 7.37. The molecule has 0 saturated carbocycles. The third-order valence-corrected chi connectivity index (χ3v) is 3.85. The largest absolute Gasteiger partial charge is 0.493 e. The lowest BCUT2D eigenvalue weighted by molar-refractivity contribution is 0.311. The average molecular weight is 340 g/mol. The van der Waals surface area contributed by atoms with E-state index in [0.717, 1.165) is 30.0 Å². The number of nitrogens with zero attached hydrogens (tertiary/aromatic N) is 5. The molecule has 0 spiro atoms. The number of anilines is 1. The van der Waals surface area contributed by atoms with Gasteiger partial charge in [-0.15, -0.1) is 14.8 Å². The molecule has 2 heterocycles. The van der Waals surface area contributed by atoms with Crippen molar-refractivity contribution in [2.45, 2.75) is 39.7 Å². The molecule has 1 N–H and O–H groups in total. The van der Waals surface area contributed by atoms with E-state index in [1.54, 1.807) is 0 Å². The molecule has 132 valence electrons. The summed E-state index contributed by atoms with van der Waals surface area (Å²) in [5.74, 6) is 2.18. The van der Waals surface area contributed by atoms with Crippen LogP contribution in [0.15, 0.2) is 36.4 Å². The van der Waals surface area contributed by atoms with Gasteiger partial charge >= 0.3 is 0 Å². The molecule has 25 heavy (non-hydrogen) atoms. The molecule has 1 aromatic carbocycles. The van der Waals surface area contributed by atoms with E-state index in [2.05, 4.69) is 52.8 Å². The van der Waals surface area contributed by atoms with Crippen LogP contribution in [0.2, 0.25) is 0 Å². The number of aromatic nitrogens is 5. The van der Waals surface area contributed by atoms with Crippen LogP contribution in [0.3, 0.4) is 0 Å². The lowest BCUT2D eigenvalue weighted by Gasteiger charge is -2.24. The number of hydrogen-bond donors (Lipinski definition) is 1. The monoisotopic (exact) mass is 340 g/mol. The van der Waals surface area contributed by atoms with Gasteiger partial charge in [0.2, 0.25) is 0 Å². The van der Waals surface area contributed by atoms with Crippen molar-refractivity contribution in [2.24, 2.45) is 5.92 Å². The number of fused-ring (bicyclic) bond motifs is 1. The van der Waals surface area contributed by atoms with E-state index >= 15 is 0 Å². The SMILES string of the molecule is CCCOc1ccccc1[C@@H](CC(C)C)Nc1ccc2nnnn2n1. The van der Waals surface area contributed by atoms with Gasteiger partial charge in [0.05, 0.1) is 12.6 Å². The highest BCUT2D eigenvalue weighted by molar-refractivity contribution is 5.46. The summed E-state index contributed by atoms with van der Waals surface area (Å²) in [4.78, 5) is 0. The summed E-state index contributed by atoms with van der Waals surface area (Å²) in [5.41, 5.74) is 1.76. The minimum Gasteiger partial charge on any atom is -0.493 e. The maximum absolute atomic E-state index is 5.95. The summed E-state index contributed by atoms with van der Waals surface area (Å²) in [7, 11) is 0. The Bertz CT molecular complexity index is 816. The van der Waals surface area contributed by atoms with Crippen LogP contribution < -0.4 is 10.1 Å². The predicted octanol–water partition coefficient (Wildman–Crippen LogP) is 3.51. The Morgan fingerprint density at radius 1 is 1.16 bits per heavy atom. The zero-order chi connectivity index (χ0) is 17.6. The fraction of sp³-hybridized carbons (Fsp3) is 0.444. The Hall–Kier alpha value is -2.70. The molecule has 3 aromatic rings. The fourth-order valence-electron chi connectivity index (χ4n) is 2.75. The Balaban J connectivity index is 1.89. The van der Waals surface area contributed by atoms with Crippen molar-refractivity contribution in [3.05, 3.63) is 42.0 Å². The fourth-order valence-corrected chi connectivity index (χ4v) is 2.75. The maximum atomic E-state index is 5.95. The van der Waals surface area contributed by atoms with E-state index in [4.69, 9.17) is 4.74 Å². The van der Waals surface area contributed by atoms with Crippen molar-refractivity contribution in [3.63, 3.8) is 0 Å². The van der Waals surface area contributed by atoms with E-state index in [-0.39, 0.29) is 6.04 Å². The summed E-state index contributed by atoms with van der Waals surface area (Å²) >= 11 is 0. The Labute approximate surface area is 147 Å². The molecule has 3 rings (SSSR count). The van der Waals surface area contributed by atoms with Crippen molar-refractivity contribution in [3.8, 4) is 5.75 Å². The number of ether oxygens (including phenoxy) is 1. The summed E-state index contributed by atoms with van der Waals surface area (Å²) in [6.07, 6.45) is 1.94. The van der Waals surface area contributed by atoms with Gasteiger partial charge in [0.15, 0.2) is 5.65 Å². The minimum atomic E-state index is 0.0921. The predicted molar refractivity (Wildman–Crippen MR) is 96.6 cm³/mol. The quantitative estimate of drug-likeness (QED) is 0.676. The Morgan fingerprint density at radius 3 is 2.80 bits per heavy atom. The Kier molecular flexibility index (Phi) is 5.42. The minimum absolute atomic E-state index is 0.0921. The van der Waals surface area contributed by atoms with Crippen LogP contribution in [-0.2, 0) is 0 Å². The highest BCUT2D eigenvalue weighted by Gasteiger charge is 2.18. The van der Waals surface area contributed by atoms with Crippen LogP contribution in [0.25, 0.3) is 5.65 Å². The van der Waals surface area contributed by atoms with Gasteiger partial charge in [-0.1, -0.05) is 39.0 Å². The van der Waals surface area contributed by atoms with Gasteiger partial charge in [-0.2, -0.15) is 0 Å². The molecule has 0 fully saturated rings. The van der Waals surface area contributed by atoms with Crippen LogP contribution in [0.1, 0.15) is 45.2 Å². The van der Waals surface area contributed by atoms with E-state index in [9.17, 15) is 0 Å². The molecule has 2 aromatic heterocycles. The van der Waals surface area contributed by atoms with Gasteiger partial charge in [0.25, 0.3) is 0 Å². The zero-order valence-electron chi connectivity index (χ0n) is 14.9. The highest BCUT2D eigenvalue weighted by Crippen LogP contribution is 2.32. The second-order valence-electron chi connectivity index (χ2n) is 6.46.